The van der Waals surface area contributed by atoms with Gasteiger partial charge >= 0.3 is 6.09 Å². The Kier molecular flexibility index (Phi) is 7.34. The van der Waals surface area contributed by atoms with Crippen LogP contribution in [0.4, 0.5) is 16.2 Å². The number of primary amides is 1. The maximum Gasteiger partial charge on any atom is 0.421 e. The Morgan fingerprint density at radius 1 is 0.973 bits per heavy atom. The molecule has 0 aliphatic carbocycles. The molecule has 4 rings (SSSR count). The zero-order valence-corrected chi connectivity index (χ0v) is 20.4. The van der Waals surface area contributed by atoms with Crippen molar-refractivity contribution < 1.29 is 24.2 Å². The minimum atomic E-state index is -0.696. The fraction of sp³-hybridized carbons (Fsp3) is 0.143. The van der Waals surface area contributed by atoms with Crippen LogP contribution in [0.25, 0.3) is 10.9 Å². The van der Waals surface area contributed by atoms with E-state index in [2.05, 4.69) is 0 Å². The SMILES string of the molecule is CCOC(=O)n1c(O)c(C(=Nc2ccc(N(CC(N)=O)C(C)=O)cc2)c2ccccc2)c2ccccc21. The first-order valence-corrected chi connectivity index (χ1v) is 11.6. The van der Waals surface area contributed by atoms with Crippen molar-refractivity contribution in [3.05, 3.63) is 90.0 Å². The molecule has 188 valence electrons. The van der Waals surface area contributed by atoms with Crippen LogP contribution in [0.1, 0.15) is 25.0 Å². The van der Waals surface area contributed by atoms with E-state index in [1.807, 2.05) is 36.4 Å². The van der Waals surface area contributed by atoms with Gasteiger partial charge < -0.3 is 20.5 Å². The van der Waals surface area contributed by atoms with Crippen molar-refractivity contribution in [2.45, 2.75) is 13.8 Å². The standard InChI is InChI=1S/C28H26N4O5/c1-3-37-28(36)32-23-12-8-7-11-22(23)25(27(32)35)26(19-9-5-4-6-10-19)30-20-13-15-21(16-14-20)31(18(2)33)17-24(29)34/h4-16,35H,3,17H2,1-2H3,(H2,29,34). The topological polar surface area (TPSA) is 127 Å². The summed E-state index contributed by atoms with van der Waals surface area (Å²) in [4.78, 5) is 42.2. The van der Waals surface area contributed by atoms with Crippen LogP contribution in [0.3, 0.4) is 0 Å². The normalized spacial score (nSPS) is 11.4. The Morgan fingerprint density at radius 2 is 1.62 bits per heavy atom. The van der Waals surface area contributed by atoms with Gasteiger partial charge in [0.25, 0.3) is 0 Å². The molecule has 0 fully saturated rings. The molecule has 9 nitrogen and oxygen atoms in total. The minimum Gasteiger partial charge on any atom is -0.494 e. The highest BCUT2D eigenvalue weighted by Crippen LogP contribution is 2.35. The largest absolute Gasteiger partial charge is 0.494 e. The van der Waals surface area contributed by atoms with Gasteiger partial charge in [-0.05, 0) is 37.3 Å². The van der Waals surface area contributed by atoms with Crippen LogP contribution < -0.4 is 10.6 Å². The van der Waals surface area contributed by atoms with E-state index in [1.54, 1.807) is 49.4 Å². The van der Waals surface area contributed by atoms with Crippen molar-refractivity contribution in [2.75, 3.05) is 18.1 Å². The number of aromatic hydroxyl groups is 1. The number of aliphatic imine (C=N–C) groups is 1. The highest BCUT2D eigenvalue weighted by molar-refractivity contribution is 6.23. The highest BCUT2D eigenvalue weighted by Gasteiger charge is 2.26. The van der Waals surface area contributed by atoms with Crippen LogP contribution in [-0.4, -0.2) is 46.4 Å². The van der Waals surface area contributed by atoms with Crippen LogP contribution >= 0.6 is 0 Å². The molecule has 0 radical (unpaired) electrons. The van der Waals surface area contributed by atoms with Gasteiger partial charge in [0.1, 0.15) is 6.54 Å². The lowest BCUT2D eigenvalue weighted by molar-refractivity contribution is -0.121. The maximum absolute atomic E-state index is 12.7. The van der Waals surface area contributed by atoms with Gasteiger partial charge in [-0.15, -0.1) is 0 Å². The van der Waals surface area contributed by atoms with E-state index in [9.17, 15) is 19.5 Å². The predicted octanol–water partition coefficient (Wildman–Crippen LogP) is 4.36. The van der Waals surface area contributed by atoms with E-state index in [0.29, 0.717) is 39.1 Å². The third kappa shape index (κ3) is 5.20. The molecule has 0 saturated carbocycles. The van der Waals surface area contributed by atoms with Crippen LogP contribution in [0.5, 0.6) is 5.88 Å². The van der Waals surface area contributed by atoms with Crippen LogP contribution in [-0.2, 0) is 14.3 Å². The Balaban J connectivity index is 1.89. The molecular formula is C28H26N4O5. The fourth-order valence-corrected chi connectivity index (χ4v) is 4.07. The molecule has 9 heteroatoms. The lowest BCUT2D eigenvalue weighted by Gasteiger charge is -2.19. The van der Waals surface area contributed by atoms with E-state index in [-0.39, 0.29) is 24.9 Å². The number of fused-ring (bicyclic) bond motifs is 1. The van der Waals surface area contributed by atoms with Gasteiger partial charge in [-0.2, -0.15) is 0 Å². The Hall–Kier alpha value is -4.92. The van der Waals surface area contributed by atoms with Gasteiger partial charge in [-0.25, -0.2) is 14.4 Å². The number of rotatable bonds is 7. The summed E-state index contributed by atoms with van der Waals surface area (Å²) in [6, 6.07) is 23.1. The van der Waals surface area contributed by atoms with Crippen molar-refractivity contribution in [2.24, 2.45) is 10.7 Å². The predicted molar refractivity (Wildman–Crippen MR) is 141 cm³/mol. The van der Waals surface area contributed by atoms with E-state index < -0.39 is 12.0 Å². The van der Waals surface area contributed by atoms with Crippen molar-refractivity contribution in [1.29, 1.82) is 0 Å². The smallest absolute Gasteiger partial charge is 0.421 e. The zero-order chi connectivity index (χ0) is 26.5. The number of amides is 2. The summed E-state index contributed by atoms with van der Waals surface area (Å²) in [5.41, 5.74) is 8.31. The van der Waals surface area contributed by atoms with E-state index in [4.69, 9.17) is 15.5 Å². The van der Waals surface area contributed by atoms with Gasteiger partial charge in [0.2, 0.25) is 17.7 Å². The Bertz CT molecular complexity index is 1490. The summed E-state index contributed by atoms with van der Waals surface area (Å²) < 4.78 is 6.30. The quantitative estimate of drug-likeness (QED) is 0.366. The molecule has 0 aliphatic rings. The molecule has 0 saturated heterocycles. The van der Waals surface area contributed by atoms with Crippen LogP contribution in [0, 0.1) is 0 Å². The highest BCUT2D eigenvalue weighted by atomic mass is 16.5. The lowest BCUT2D eigenvalue weighted by Crippen LogP contribution is -2.37. The summed E-state index contributed by atoms with van der Waals surface area (Å²) in [5.74, 6) is -1.24. The van der Waals surface area contributed by atoms with Gasteiger partial charge in [0.05, 0.1) is 29.1 Å². The number of hydrogen-bond donors (Lipinski definition) is 2. The molecule has 3 N–H and O–H groups in total. The molecule has 0 atom stereocenters. The first kappa shape index (κ1) is 25.2. The number of nitrogens with zero attached hydrogens (tertiary/aromatic N) is 3. The van der Waals surface area contributed by atoms with Gasteiger partial charge in [-0.3, -0.25) is 9.59 Å². The first-order valence-electron chi connectivity index (χ1n) is 11.6. The van der Waals surface area contributed by atoms with Crippen LogP contribution in [0.15, 0.2) is 83.9 Å². The number of anilines is 1. The van der Waals surface area contributed by atoms with Crippen LogP contribution in [0.2, 0.25) is 0 Å². The molecule has 37 heavy (non-hydrogen) atoms. The molecule has 4 aromatic rings. The molecule has 2 amide bonds. The van der Waals surface area contributed by atoms with Gasteiger partial charge in [0.15, 0.2) is 0 Å². The second-order valence-corrected chi connectivity index (χ2v) is 8.16. The summed E-state index contributed by atoms with van der Waals surface area (Å²) in [5, 5.41) is 11.9. The number of hydrogen-bond acceptors (Lipinski definition) is 6. The molecule has 0 bridgehead atoms. The fourth-order valence-electron chi connectivity index (χ4n) is 4.07. The molecule has 1 heterocycles. The number of carbonyl (C=O) groups is 3. The second kappa shape index (κ2) is 10.8. The number of ether oxygens (including phenoxy) is 1. The minimum absolute atomic E-state index is 0.152. The molecule has 0 spiro atoms. The van der Waals surface area contributed by atoms with E-state index in [1.165, 1.54) is 11.8 Å². The van der Waals surface area contributed by atoms with E-state index in [0.717, 1.165) is 4.57 Å². The van der Waals surface area contributed by atoms with Gasteiger partial charge in [0, 0.05) is 23.6 Å². The number of benzene rings is 3. The summed E-state index contributed by atoms with van der Waals surface area (Å²) in [6.07, 6.45) is -0.696. The number of para-hydroxylation sites is 1. The monoisotopic (exact) mass is 498 g/mol. The van der Waals surface area contributed by atoms with E-state index >= 15 is 0 Å². The van der Waals surface area contributed by atoms with Crippen molar-refractivity contribution in [3.8, 4) is 5.88 Å². The first-order chi connectivity index (χ1) is 17.8. The molecule has 1 aromatic heterocycles. The summed E-state index contributed by atoms with van der Waals surface area (Å²) >= 11 is 0. The van der Waals surface area contributed by atoms with Crippen molar-refractivity contribution in [3.63, 3.8) is 0 Å². The summed E-state index contributed by atoms with van der Waals surface area (Å²) in [6.45, 7) is 2.96. The third-order valence-corrected chi connectivity index (χ3v) is 5.68. The molecular weight excluding hydrogens is 472 g/mol. The Morgan fingerprint density at radius 3 is 2.24 bits per heavy atom. The van der Waals surface area contributed by atoms with Crippen molar-refractivity contribution >= 4 is 45.9 Å². The second-order valence-electron chi connectivity index (χ2n) is 8.16. The maximum atomic E-state index is 12.7. The average Bonchev–Trinajstić information content (AvgIpc) is 3.18. The zero-order valence-electron chi connectivity index (χ0n) is 20.4. The van der Waals surface area contributed by atoms with Gasteiger partial charge in [-0.1, -0.05) is 48.5 Å². The van der Waals surface area contributed by atoms with Crippen molar-refractivity contribution in [1.82, 2.24) is 4.57 Å². The third-order valence-electron chi connectivity index (χ3n) is 5.68. The number of carbonyl (C=O) groups excluding carboxylic acids is 3. The number of aromatic nitrogens is 1. The summed E-state index contributed by atoms with van der Waals surface area (Å²) in [7, 11) is 0. The molecule has 0 aliphatic heterocycles. The number of nitrogens with two attached hydrogens (primary N) is 1. The average molecular weight is 499 g/mol. The Labute approximate surface area is 213 Å². The lowest BCUT2D eigenvalue weighted by atomic mass is 10.0. The molecule has 0 unspecified atom stereocenters. The molecule has 3 aromatic carbocycles.